The quantitative estimate of drug-likeness (QED) is 0.840. The van der Waals surface area contributed by atoms with E-state index in [0.29, 0.717) is 37.1 Å². The fourth-order valence-electron chi connectivity index (χ4n) is 4.36. The number of anilines is 1. The lowest BCUT2D eigenvalue weighted by Gasteiger charge is -2.42. The number of nitrogens with two attached hydrogens (primary N) is 1. The van der Waals surface area contributed by atoms with Crippen LogP contribution in [-0.4, -0.2) is 72.0 Å². The zero-order chi connectivity index (χ0) is 20.4. The number of pyridine rings is 2. The molecule has 0 saturated carbocycles. The summed E-state index contributed by atoms with van der Waals surface area (Å²) in [5.41, 5.74) is 6.29. The van der Waals surface area contributed by atoms with Crippen LogP contribution in [0, 0.1) is 11.3 Å². The smallest absolute Gasteiger partial charge is 0.166 e. The Balaban J connectivity index is 1.50. The Morgan fingerprint density at radius 1 is 1.34 bits per heavy atom. The van der Waals surface area contributed by atoms with Crippen LogP contribution in [0.1, 0.15) is 25.5 Å². The van der Waals surface area contributed by atoms with Gasteiger partial charge in [0.05, 0.1) is 24.1 Å². The number of hydrogen-bond acceptors (Lipinski definition) is 7. The van der Waals surface area contributed by atoms with Gasteiger partial charge in [0.25, 0.3) is 0 Å². The Bertz CT molecular complexity index is 908. The van der Waals surface area contributed by atoms with E-state index in [1.165, 1.54) is 0 Å². The molecule has 0 aliphatic carbocycles. The number of morpholine rings is 1. The van der Waals surface area contributed by atoms with Crippen LogP contribution in [0.5, 0.6) is 0 Å². The van der Waals surface area contributed by atoms with Crippen molar-refractivity contribution in [2.24, 2.45) is 5.73 Å². The summed E-state index contributed by atoms with van der Waals surface area (Å²) in [5, 5.41) is 10.3. The van der Waals surface area contributed by atoms with Crippen molar-refractivity contribution < 1.29 is 9.13 Å². The largest absolute Gasteiger partial charge is 0.370 e. The van der Waals surface area contributed by atoms with E-state index in [4.69, 9.17) is 10.5 Å². The lowest BCUT2D eigenvalue weighted by atomic mass is 9.93. The first-order chi connectivity index (χ1) is 14.0. The molecule has 4 heterocycles. The molecule has 0 spiro atoms. The zero-order valence-corrected chi connectivity index (χ0v) is 16.7. The molecule has 4 rings (SSSR count). The lowest BCUT2D eigenvalue weighted by molar-refractivity contribution is -0.0422. The molecular formula is C21H27FN6O. The number of likely N-dealkylation sites (tertiary alicyclic amines) is 1. The minimum Gasteiger partial charge on any atom is -0.370 e. The summed E-state index contributed by atoms with van der Waals surface area (Å²) in [6, 6.07) is 5.98. The first-order valence-electron chi connectivity index (χ1n) is 10.2. The second-order valence-electron chi connectivity index (χ2n) is 8.13. The third-order valence-corrected chi connectivity index (χ3v) is 5.98. The first-order valence-corrected chi connectivity index (χ1v) is 10.2. The van der Waals surface area contributed by atoms with E-state index >= 15 is 0 Å². The van der Waals surface area contributed by atoms with E-state index < -0.39 is 5.67 Å². The van der Waals surface area contributed by atoms with Crippen LogP contribution in [0.3, 0.4) is 0 Å². The number of nitriles is 1. The van der Waals surface area contributed by atoms with Gasteiger partial charge in [-0.3, -0.25) is 4.98 Å². The van der Waals surface area contributed by atoms with Crippen LogP contribution in [0.25, 0.3) is 10.9 Å². The van der Waals surface area contributed by atoms with Crippen LogP contribution in [0.2, 0.25) is 0 Å². The molecule has 2 aromatic rings. The predicted molar refractivity (Wildman–Crippen MR) is 109 cm³/mol. The van der Waals surface area contributed by atoms with E-state index in [0.717, 1.165) is 30.7 Å². The predicted octanol–water partition coefficient (Wildman–Crippen LogP) is 1.86. The van der Waals surface area contributed by atoms with Crippen LogP contribution in [-0.2, 0) is 4.74 Å². The van der Waals surface area contributed by atoms with Gasteiger partial charge in [0.15, 0.2) is 5.69 Å². The van der Waals surface area contributed by atoms with Crippen molar-refractivity contribution in [1.82, 2.24) is 14.9 Å². The summed E-state index contributed by atoms with van der Waals surface area (Å²) in [4.78, 5) is 13.2. The summed E-state index contributed by atoms with van der Waals surface area (Å²) < 4.78 is 20.6. The van der Waals surface area contributed by atoms with Gasteiger partial charge >= 0.3 is 0 Å². The first kappa shape index (κ1) is 20.0. The number of piperidine rings is 1. The number of nitrogens with zero attached hydrogens (tertiary/aromatic N) is 5. The Morgan fingerprint density at radius 3 is 2.86 bits per heavy atom. The molecule has 0 radical (unpaired) electrons. The van der Waals surface area contributed by atoms with E-state index in [2.05, 4.69) is 32.8 Å². The normalized spacial score (nSPS) is 25.1. The third-order valence-electron chi connectivity index (χ3n) is 5.98. The highest BCUT2D eigenvalue weighted by molar-refractivity contribution is 5.93. The molecule has 2 N–H and O–H groups in total. The average molecular weight is 398 g/mol. The zero-order valence-electron chi connectivity index (χ0n) is 16.7. The molecular weight excluding hydrogens is 371 g/mol. The highest BCUT2D eigenvalue weighted by Gasteiger charge is 2.35. The molecule has 154 valence electrons. The van der Waals surface area contributed by atoms with Crippen LogP contribution < -0.4 is 10.6 Å². The summed E-state index contributed by atoms with van der Waals surface area (Å²) >= 11 is 0. The monoisotopic (exact) mass is 398 g/mol. The minimum absolute atomic E-state index is 0.0195. The Labute approximate surface area is 170 Å². The average Bonchev–Trinajstić information content (AvgIpc) is 2.74. The number of aromatic nitrogens is 2. The minimum atomic E-state index is -1.22. The molecule has 8 heteroatoms. The summed E-state index contributed by atoms with van der Waals surface area (Å²) in [7, 11) is 0. The lowest BCUT2D eigenvalue weighted by Crippen LogP contribution is -2.53. The Kier molecular flexibility index (Phi) is 5.63. The van der Waals surface area contributed by atoms with Gasteiger partial charge in [-0.2, -0.15) is 5.26 Å². The van der Waals surface area contributed by atoms with Gasteiger partial charge in [0.2, 0.25) is 0 Å². The van der Waals surface area contributed by atoms with Crippen molar-refractivity contribution in [3.05, 3.63) is 30.2 Å². The van der Waals surface area contributed by atoms with Gasteiger partial charge < -0.3 is 20.3 Å². The van der Waals surface area contributed by atoms with Gasteiger partial charge in [0, 0.05) is 50.9 Å². The molecule has 2 saturated heterocycles. The van der Waals surface area contributed by atoms with Crippen LogP contribution in [0.4, 0.5) is 10.1 Å². The van der Waals surface area contributed by atoms with Gasteiger partial charge in [-0.05, 0) is 31.9 Å². The van der Waals surface area contributed by atoms with E-state index in [1.807, 2.05) is 12.1 Å². The summed E-state index contributed by atoms with van der Waals surface area (Å²) in [6.45, 7) is 5.79. The number of rotatable bonds is 4. The maximum atomic E-state index is 14.4. The van der Waals surface area contributed by atoms with E-state index in [9.17, 15) is 9.65 Å². The number of fused-ring (bicyclic) bond motifs is 1. The number of halogens is 1. The number of alkyl halides is 1. The van der Waals surface area contributed by atoms with Crippen molar-refractivity contribution in [2.45, 2.75) is 37.6 Å². The standard InChI is InChI=1S/C21H27FN6O/c1-15-11-28(19-10-26-18(9-23)20-17(19)3-2-6-25-20)13-16(29-15)12-27-7-4-21(22,14-24)5-8-27/h2-3,6,10,15-16H,4-5,7-8,11-14,24H2,1H3. The molecule has 2 unspecified atom stereocenters. The van der Waals surface area contributed by atoms with Gasteiger partial charge in [-0.1, -0.05) is 0 Å². The third kappa shape index (κ3) is 4.17. The maximum Gasteiger partial charge on any atom is 0.166 e. The summed E-state index contributed by atoms with van der Waals surface area (Å²) in [6.07, 6.45) is 4.48. The summed E-state index contributed by atoms with van der Waals surface area (Å²) in [5.74, 6) is 0. The Morgan fingerprint density at radius 2 is 2.14 bits per heavy atom. The fraction of sp³-hybridized carbons (Fsp3) is 0.571. The second kappa shape index (κ2) is 8.19. The molecule has 0 amide bonds. The highest BCUT2D eigenvalue weighted by atomic mass is 19.1. The number of ether oxygens (including phenoxy) is 1. The van der Waals surface area contributed by atoms with E-state index in [-0.39, 0.29) is 18.8 Å². The fourth-order valence-corrected chi connectivity index (χ4v) is 4.36. The molecule has 2 aromatic heterocycles. The Hall–Kier alpha value is -2.34. The van der Waals surface area contributed by atoms with Crippen molar-refractivity contribution in [2.75, 3.05) is 44.2 Å². The molecule has 7 nitrogen and oxygen atoms in total. The van der Waals surface area contributed by atoms with Gasteiger partial charge in [-0.25, -0.2) is 9.37 Å². The molecule has 2 atom stereocenters. The molecule has 29 heavy (non-hydrogen) atoms. The SMILES string of the molecule is CC1CN(c2cnc(C#N)c3ncccc23)CC(CN2CCC(F)(CN)CC2)O1. The van der Waals surface area contributed by atoms with E-state index in [1.54, 1.807) is 12.4 Å². The van der Waals surface area contributed by atoms with Crippen LogP contribution >= 0.6 is 0 Å². The van der Waals surface area contributed by atoms with Crippen molar-refractivity contribution in [3.8, 4) is 6.07 Å². The van der Waals surface area contributed by atoms with Crippen molar-refractivity contribution in [1.29, 1.82) is 5.26 Å². The number of hydrogen-bond donors (Lipinski definition) is 1. The van der Waals surface area contributed by atoms with Crippen LogP contribution in [0.15, 0.2) is 24.5 Å². The van der Waals surface area contributed by atoms with Crippen molar-refractivity contribution in [3.63, 3.8) is 0 Å². The highest BCUT2D eigenvalue weighted by Crippen LogP contribution is 2.30. The topological polar surface area (TPSA) is 91.3 Å². The molecule has 0 aromatic carbocycles. The maximum absolute atomic E-state index is 14.4. The molecule has 2 aliphatic rings. The van der Waals surface area contributed by atoms with Gasteiger partial charge in [0.1, 0.15) is 17.3 Å². The molecule has 2 fully saturated rings. The van der Waals surface area contributed by atoms with Gasteiger partial charge in [-0.15, -0.1) is 0 Å². The molecule has 0 bridgehead atoms. The van der Waals surface area contributed by atoms with Crippen molar-refractivity contribution >= 4 is 16.6 Å². The second-order valence-corrected chi connectivity index (χ2v) is 8.13. The molecule has 2 aliphatic heterocycles.